The van der Waals surface area contributed by atoms with Gasteiger partial charge in [-0.25, -0.2) is 4.98 Å². The molecule has 0 saturated heterocycles. The third kappa shape index (κ3) is 2.51. The van der Waals surface area contributed by atoms with E-state index in [-0.39, 0.29) is 6.10 Å². The molecule has 0 aromatic carbocycles. The normalized spacial score (nSPS) is 23.3. The van der Waals surface area contributed by atoms with Gasteiger partial charge in [0.2, 0.25) is 0 Å². The molecule has 0 amide bonds. The van der Waals surface area contributed by atoms with Crippen molar-refractivity contribution in [3.05, 3.63) is 35.8 Å². The van der Waals surface area contributed by atoms with E-state index in [9.17, 15) is 5.11 Å². The van der Waals surface area contributed by atoms with Crippen LogP contribution in [0.3, 0.4) is 0 Å². The minimum absolute atomic E-state index is 0.115. The second-order valence-electron chi connectivity index (χ2n) is 5.46. The molecule has 2 aromatic heterocycles. The van der Waals surface area contributed by atoms with Crippen molar-refractivity contribution in [1.82, 2.24) is 14.7 Å². The molecule has 2 N–H and O–H groups in total. The molecule has 1 fully saturated rings. The molecule has 3 rings (SSSR count). The molecule has 1 saturated carbocycles. The van der Waals surface area contributed by atoms with E-state index in [0.29, 0.717) is 5.92 Å². The molecule has 1 aliphatic carbocycles. The van der Waals surface area contributed by atoms with E-state index in [1.807, 2.05) is 18.2 Å². The Morgan fingerprint density at radius 3 is 3.11 bits per heavy atom. The summed E-state index contributed by atoms with van der Waals surface area (Å²) in [4.78, 5) is 4.55. The Labute approximate surface area is 113 Å². The van der Waals surface area contributed by atoms with E-state index in [1.165, 1.54) is 5.69 Å². The van der Waals surface area contributed by atoms with Crippen LogP contribution in [0.15, 0.2) is 24.4 Å². The number of hydrogen-bond donors (Lipinski definition) is 2. The van der Waals surface area contributed by atoms with E-state index >= 15 is 0 Å². The molecule has 4 heteroatoms. The van der Waals surface area contributed by atoms with E-state index in [1.54, 1.807) is 0 Å². The topological polar surface area (TPSA) is 49.6 Å². The molecular weight excluding hydrogens is 238 g/mol. The second kappa shape index (κ2) is 5.31. The zero-order valence-corrected chi connectivity index (χ0v) is 11.3. The molecule has 4 nitrogen and oxygen atoms in total. The Kier molecular flexibility index (Phi) is 3.53. The van der Waals surface area contributed by atoms with Gasteiger partial charge in [0.25, 0.3) is 0 Å². The first-order valence-corrected chi connectivity index (χ1v) is 7.07. The van der Waals surface area contributed by atoms with Crippen molar-refractivity contribution in [2.45, 2.75) is 38.8 Å². The van der Waals surface area contributed by atoms with Gasteiger partial charge in [0.05, 0.1) is 17.5 Å². The third-order valence-electron chi connectivity index (χ3n) is 4.15. The average Bonchev–Trinajstić information content (AvgIpc) is 2.94. The van der Waals surface area contributed by atoms with Crippen LogP contribution in [0, 0.1) is 12.8 Å². The first-order valence-electron chi connectivity index (χ1n) is 7.07. The highest BCUT2D eigenvalue weighted by Gasteiger charge is 2.24. The van der Waals surface area contributed by atoms with E-state index in [2.05, 4.69) is 27.8 Å². The fourth-order valence-electron chi connectivity index (χ4n) is 3.01. The molecule has 0 radical (unpaired) electrons. The molecule has 0 bridgehead atoms. The molecule has 2 aromatic rings. The number of imidazole rings is 1. The van der Waals surface area contributed by atoms with Gasteiger partial charge in [0, 0.05) is 19.3 Å². The van der Waals surface area contributed by atoms with E-state index in [0.717, 1.165) is 43.7 Å². The van der Waals surface area contributed by atoms with Crippen LogP contribution in [-0.4, -0.2) is 27.1 Å². The Morgan fingerprint density at radius 1 is 1.42 bits per heavy atom. The van der Waals surface area contributed by atoms with Gasteiger partial charge in [-0.1, -0.05) is 12.5 Å². The Balaban J connectivity index is 1.66. The first-order chi connectivity index (χ1) is 9.25. The molecule has 0 spiro atoms. The molecule has 2 heterocycles. The lowest BCUT2D eigenvalue weighted by Crippen LogP contribution is -2.28. The Bertz CT molecular complexity index is 564. The van der Waals surface area contributed by atoms with Crippen molar-refractivity contribution in [1.29, 1.82) is 0 Å². The van der Waals surface area contributed by atoms with Gasteiger partial charge in [0.1, 0.15) is 5.65 Å². The van der Waals surface area contributed by atoms with E-state index in [4.69, 9.17) is 0 Å². The van der Waals surface area contributed by atoms with Crippen LogP contribution in [0.2, 0.25) is 0 Å². The third-order valence-corrected chi connectivity index (χ3v) is 4.15. The highest BCUT2D eigenvalue weighted by Crippen LogP contribution is 2.24. The number of hydrogen-bond acceptors (Lipinski definition) is 3. The number of aromatic nitrogens is 2. The number of aliphatic hydroxyl groups is 1. The molecule has 2 unspecified atom stereocenters. The minimum Gasteiger partial charge on any atom is -0.393 e. The van der Waals surface area contributed by atoms with Gasteiger partial charge in [0.15, 0.2) is 0 Å². The summed E-state index contributed by atoms with van der Waals surface area (Å²) in [6.45, 7) is 3.75. The zero-order valence-electron chi connectivity index (χ0n) is 11.3. The average molecular weight is 259 g/mol. The molecule has 0 aliphatic heterocycles. The minimum atomic E-state index is -0.115. The summed E-state index contributed by atoms with van der Waals surface area (Å²) in [6.07, 6.45) is 5.19. The van der Waals surface area contributed by atoms with Crippen LogP contribution < -0.4 is 5.32 Å². The van der Waals surface area contributed by atoms with Crippen LogP contribution in [-0.2, 0) is 6.54 Å². The number of nitrogens with one attached hydrogen (secondary N) is 1. The highest BCUT2D eigenvalue weighted by atomic mass is 16.3. The predicted molar refractivity (Wildman–Crippen MR) is 75.0 cm³/mol. The van der Waals surface area contributed by atoms with Crippen molar-refractivity contribution < 1.29 is 5.11 Å². The molecule has 102 valence electrons. The maximum atomic E-state index is 9.81. The lowest BCUT2D eigenvalue weighted by Gasteiger charge is -2.15. The van der Waals surface area contributed by atoms with Gasteiger partial charge in [-0.2, -0.15) is 0 Å². The van der Waals surface area contributed by atoms with Crippen molar-refractivity contribution in [3.63, 3.8) is 0 Å². The number of aliphatic hydroxyl groups excluding tert-OH is 1. The summed E-state index contributed by atoms with van der Waals surface area (Å²) in [5.74, 6) is 0.416. The second-order valence-corrected chi connectivity index (χ2v) is 5.46. The van der Waals surface area contributed by atoms with Crippen molar-refractivity contribution >= 4 is 5.65 Å². The first kappa shape index (κ1) is 12.6. The number of pyridine rings is 1. The summed E-state index contributed by atoms with van der Waals surface area (Å²) in [5.41, 5.74) is 3.28. The van der Waals surface area contributed by atoms with Gasteiger partial charge in [-0.05, 0) is 37.8 Å². The van der Waals surface area contributed by atoms with Crippen molar-refractivity contribution in [2.24, 2.45) is 5.92 Å². The fraction of sp³-hybridized carbons (Fsp3) is 0.533. The SMILES string of the molecule is Cc1nc2ccccn2c1CNCC1CCCC1O. The monoisotopic (exact) mass is 259 g/mol. The molecule has 2 atom stereocenters. The van der Waals surface area contributed by atoms with Gasteiger partial charge < -0.3 is 14.8 Å². The van der Waals surface area contributed by atoms with Gasteiger partial charge >= 0.3 is 0 Å². The number of nitrogens with zero attached hydrogens (tertiary/aromatic N) is 2. The number of aryl methyl sites for hydroxylation is 1. The summed E-state index contributed by atoms with van der Waals surface area (Å²) in [6, 6.07) is 6.06. The maximum Gasteiger partial charge on any atom is 0.137 e. The summed E-state index contributed by atoms with van der Waals surface area (Å²) in [7, 11) is 0. The predicted octanol–water partition coefficient (Wildman–Crippen LogP) is 1.89. The van der Waals surface area contributed by atoms with Crippen LogP contribution in [0.1, 0.15) is 30.7 Å². The lowest BCUT2D eigenvalue weighted by molar-refractivity contribution is 0.131. The maximum absolute atomic E-state index is 9.81. The molecule has 1 aliphatic rings. The fourth-order valence-corrected chi connectivity index (χ4v) is 3.01. The number of rotatable bonds is 4. The largest absolute Gasteiger partial charge is 0.393 e. The highest BCUT2D eigenvalue weighted by molar-refractivity contribution is 5.42. The number of fused-ring (bicyclic) bond motifs is 1. The quantitative estimate of drug-likeness (QED) is 0.881. The van der Waals surface area contributed by atoms with Gasteiger partial charge in [-0.3, -0.25) is 0 Å². The van der Waals surface area contributed by atoms with Crippen LogP contribution >= 0.6 is 0 Å². The summed E-state index contributed by atoms with van der Waals surface area (Å²) >= 11 is 0. The van der Waals surface area contributed by atoms with Crippen LogP contribution in [0.5, 0.6) is 0 Å². The lowest BCUT2D eigenvalue weighted by atomic mass is 10.1. The van der Waals surface area contributed by atoms with Gasteiger partial charge in [-0.15, -0.1) is 0 Å². The standard InChI is InChI=1S/C15H21N3O/c1-11-13(18-8-3-2-7-15(18)17-11)10-16-9-12-5-4-6-14(12)19/h2-3,7-8,12,14,16,19H,4-6,9-10H2,1H3. The molecule has 19 heavy (non-hydrogen) atoms. The molecular formula is C15H21N3O. The van der Waals surface area contributed by atoms with E-state index < -0.39 is 0 Å². The van der Waals surface area contributed by atoms with Crippen molar-refractivity contribution in [2.75, 3.05) is 6.54 Å². The van der Waals surface area contributed by atoms with Crippen LogP contribution in [0.25, 0.3) is 5.65 Å². The Morgan fingerprint density at radius 2 is 2.32 bits per heavy atom. The van der Waals surface area contributed by atoms with Crippen molar-refractivity contribution in [3.8, 4) is 0 Å². The Hall–Kier alpha value is -1.39. The summed E-state index contributed by atoms with van der Waals surface area (Å²) in [5, 5.41) is 13.3. The summed E-state index contributed by atoms with van der Waals surface area (Å²) < 4.78 is 2.13. The zero-order chi connectivity index (χ0) is 13.2. The smallest absolute Gasteiger partial charge is 0.137 e. The van der Waals surface area contributed by atoms with Crippen LogP contribution in [0.4, 0.5) is 0 Å².